The van der Waals surface area contributed by atoms with Gasteiger partial charge in [0.15, 0.2) is 0 Å². The molecule has 0 spiro atoms. The molecule has 0 atom stereocenters. The average molecular weight is 394 g/mol. The van der Waals surface area contributed by atoms with Crippen molar-refractivity contribution >= 4 is 34.3 Å². The van der Waals surface area contributed by atoms with E-state index < -0.39 is 5.91 Å². The number of rotatable bonds is 5. The van der Waals surface area contributed by atoms with Gasteiger partial charge in [0, 0.05) is 5.69 Å². The summed E-state index contributed by atoms with van der Waals surface area (Å²) in [7, 11) is 0. The number of tetrazole rings is 1. The van der Waals surface area contributed by atoms with Crippen LogP contribution in [-0.4, -0.2) is 47.4 Å². The van der Waals surface area contributed by atoms with Gasteiger partial charge in [-0.25, -0.2) is 4.68 Å². The zero-order valence-corrected chi connectivity index (χ0v) is 15.5. The zero-order valence-electron chi connectivity index (χ0n) is 14.7. The van der Waals surface area contributed by atoms with Crippen LogP contribution < -0.4 is 10.9 Å². The number of anilines is 1. The normalized spacial score (nSPS) is 10.9. The summed E-state index contributed by atoms with van der Waals surface area (Å²) >= 11 is 1.41. The minimum atomic E-state index is -0.398. The summed E-state index contributed by atoms with van der Waals surface area (Å²) in [6, 6.07) is 13.9. The van der Waals surface area contributed by atoms with E-state index >= 15 is 0 Å². The Kier molecular flexibility index (Phi) is 4.81. The smallest absolute Gasteiger partial charge is 0.278 e. The molecule has 140 valence electrons. The summed E-state index contributed by atoms with van der Waals surface area (Å²) in [5.41, 5.74) is 1.37. The number of carbonyl (C=O) groups excluding carboxylic acids is 1. The largest absolute Gasteiger partial charge is 0.324 e. The molecule has 10 nitrogen and oxygen atoms in total. The molecule has 0 unspecified atom stereocenters. The van der Waals surface area contributed by atoms with Crippen LogP contribution in [0.4, 0.5) is 5.69 Å². The fourth-order valence-corrected chi connectivity index (χ4v) is 3.08. The number of carbonyl (C=O) groups is 1. The number of thioether (sulfide) groups is 1. The van der Waals surface area contributed by atoms with Gasteiger partial charge in [-0.05, 0) is 47.0 Å². The van der Waals surface area contributed by atoms with E-state index in [1.54, 1.807) is 47.1 Å². The Bertz CT molecular complexity index is 1220. The second kappa shape index (κ2) is 7.56. The molecular weight excluding hydrogens is 380 g/mol. The van der Waals surface area contributed by atoms with Crippen LogP contribution in [0.2, 0.25) is 0 Å². The van der Waals surface area contributed by atoms with Crippen molar-refractivity contribution in [3.05, 3.63) is 58.9 Å². The molecule has 0 bridgehead atoms. The van der Waals surface area contributed by atoms with E-state index in [0.29, 0.717) is 27.4 Å². The first-order valence-corrected chi connectivity index (χ1v) is 9.43. The number of hydrogen-bond acceptors (Lipinski definition) is 8. The van der Waals surface area contributed by atoms with Crippen LogP contribution in [0.25, 0.3) is 16.6 Å². The van der Waals surface area contributed by atoms with Gasteiger partial charge in [0.2, 0.25) is 11.1 Å². The highest BCUT2D eigenvalue weighted by Gasteiger charge is 2.11. The standard InChI is InChI=1S/C17H14N8O2S/c1-28-17-20-21-23-25(17)12-6-4-5-11(9-12)18-15(26)10-24-16(27)13-7-2-3-8-14(13)19-22-24/h2-9H,10H2,1H3,(H,18,26). The lowest BCUT2D eigenvalue weighted by Gasteiger charge is -2.09. The summed E-state index contributed by atoms with van der Waals surface area (Å²) in [5.74, 6) is -0.398. The number of hydrogen-bond donors (Lipinski definition) is 1. The second-order valence-corrected chi connectivity index (χ2v) is 6.52. The maximum absolute atomic E-state index is 12.4. The minimum Gasteiger partial charge on any atom is -0.324 e. The Balaban J connectivity index is 1.54. The molecule has 2 aromatic heterocycles. The van der Waals surface area contributed by atoms with E-state index in [2.05, 4.69) is 31.2 Å². The third kappa shape index (κ3) is 3.47. The summed E-state index contributed by atoms with van der Waals surface area (Å²) < 4.78 is 2.61. The Morgan fingerprint density at radius 2 is 1.96 bits per heavy atom. The molecule has 0 saturated heterocycles. The van der Waals surface area contributed by atoms with Crippen molar-refractivity contribution in [1.29, 1.82) is 0 Å². The highest BCUT2D eigenvalue weighted by molar-refractivity contribution is 7.98. The fourth-order valence-electron chi connectivity index (χ4n) is 2.65. The van der Waals surface area contributed by atoms with Crippen LogP contribution in [0.1, 0.15) is 0 Å². The van der Waals surface area contributed by atoms with Crippen LogP contribution in [0.15, 0.2) is 58.5 Å². The molecule has 0 aliphatic rings. The molecule has 4 aromatic rings. The van der Waals surface area contributed by atoms with Gasteiger partial charge in [0.25, 0.3) is 5.56 Å². The lowest BCUT2D eigenvalue weighted by molar-refractivity contribution is -0.117. The van der Waals surface area contributed by atoms with Crippen molar-refractivity contribution in [3.63, 3.8) is 0 Å². The first-order valence-electron chi connectivity index (χ1n) is 8.21. The average Bonchev–Trinajstić information content (AvgIpc) is 3.19. The van der Waals surface area contributed by atoms with Crippen molar-refractivity contribution in [1.82, 2.24) is 35.2 Å². The van der Waals surface area contributed by atoms with E-state index in [-0.39, 0.29) is 12.1 Å². The van der Waals surface area contributed by atoms with Crippen molar-refractivity contribution in [2.45, 2.75) is 11.7 Å². The molecule has 1 amide bonds. The van der Waals surface area contributed by atoms with Gasteiger partial charge < -0.3 is 5.32 Å². The summed E-state index contributed by atoms with van der Waals surface area (Å²) in [5, 5.41) is 23.1. The molecule has 2 aromatic carbocycles. The van der Waals surface area contributed by atoms with Crippen LogP contribution in [0, 0.1) is 0 Å². The van der Waals surface area contributed by atoms with Crippen LogP contribution >= 0.6 is 11.8 Å². The molecule has 0 saturated carbocycles. The topological polar surface area (TPSA) is 120 Å². The summed E-state index contributed by atoms with van der Waals surface area (Å²) in [4.78, 5) is 24.9. The number of fused-ring (bicyclic) bond motifs is 1. The molecular formula is C17H14N8O2S. The van der Waals surface area contributed by atoms with Gasteiger partial charge in [-0.15, -0.1) is 10.2 Å². The number of nitrogens with zero attached hydrogens (tertiary/aromatic N) is 7. The molecule has 0 radical (unpaired) electrons. The zero-order chi connectivity index (χ0) is 19.5. The maximum Gasteiger partial charge on any atom is 0.278 e. The number of aromatic nitrogens is 7. The van der Waals surface area contributed by atoms with E-state index in [9.17, 15) is 9.59 Å². The van der Waals surface area contributed by atoms with Crippen molar-refractivity contribution < 1.29 is 4.79 Å². The fraction of sp³-hybridized carbons (Fsp3) is 0.118. The van der Waals surface area contributed by atoms with Crippen molar-refractivity contribution in [3.8, 4) is 5.69 Å². The molecule has 1 N–H and O–H groups in total. The highest BCUT2D eigenvalue weighted by Crippen LogP contribution is 2.18. The number of benzene rings is 2. The first-order chi connectivity index (χ1) is 13.7. The highest BCUT2D eigenvalue weighted by atomic mass is 32.2. The molecule has 0 aliphatic heterocycles. The second-order valence-electron chi connectivity index (χ2n) is 5.75. The summed E-state index contributed by atoms with van der Waals surface area (Å²) in [6.45, 7) is -0.248. The van der Waals surface area contributed by atoms with Gasteiger partial charge in [0.1, 0.15) is 12.1 Å². The Labute approximate surface area is 162 Å². The quantitative estimate of drug-likeness (QED) is 0.500. The predicted octanol–water partition coefficient (Wildman–Crippen LogP) is 1.13. The third-order valence-electron chi connectivity index (χ3n) is 3.92. The lowest BCUT2D eigenvalue weighted by Crippen LogP contribution is -2.30. The third-order valence-corrected chi connectivity index (χ3v) is 4.54. The Morgan fingerprint density at radius 3 is 2.82 bits per heavy atom. The van der Waals surface area contributed by atoms with Gasteiger partial charge in [-0.2, -0.15) is 4.68 Å². The Hall–Kier alpha value is -3.60. The molecule has 2 heterocycles. The van der Waals surface area contributed by atoms with Crippen LogP contribution in [-0.2, 0) is 11.3 Å². The molecule has 28 heavy (non-hydrogen) atoms. The summed E-state index contributed by atoms with van der Waals surface area (Å²) in [6.07, 6.45) is 1.87. The SMILES string of the molecule is CSc1nnnn1-c1cccc(NC(=O)Cn2nnc3ccccc3c2=O)c1. The molecule has 11 heteroatoms. The van der Waals surface area contributed by atoms with Gasteiger partial charge in [0.05, 0.1) is 11.1 Å². The van der Waals surface area contributed by atoms with E-state index in [1.165, 1.54) is 11.8 Å². The first kappa shape index (κ1) is 17.8. The molecule has 0 aliphatic carbocycles. The van der Waals surface area contributed by atoms with Gasteiger partial charge in [-0.1, -0.05) is 35.2 Å². The minimum absolute atomic E-state index is 0.248. The van der Waals surface area contributed by atoms with E-state index in [0.717, 1.165) is 4.68 Å². The predicted molar refractivity (Wildman–Crippen MR) is 103 cm³/mol. The van der Waals surface area contributed by atoms with Crippen LogP contribution in [0.3, 0.4) is 0 Å². The van der Waals surface area contributed by atoms with Gasteiger partial charge in [-0.3, -0.25) is 9.59 Å². The van der Waals surface area contributed by atoms with Gasteiger partial charge >= 0.3 is 0 Å². The number of amides is 1. The molecule has 4 rings (SSSR count). The van der Waals surface area contributed by atoms with Crippen LogP contribution in [0.5, 0.6) is 0 Å². The van der Waals surface area contributed by atoms with Crippen molar-refractivity contribution in [2.75, 3.05) is 11.6 Å². The molecule has 0 fully saturated rings. The lowest BCUT2D eigenvalue weighted by atomic mass is 10.2. The van der Waals surface area contributed by atoms with E-state index in [4.69, 9.17) is 0 Å². The van der Waals surface area contributed by atoms with E-state index in [1.807, 2.05) is 12.3 Å². The monoisotopic (exact) mass is 394 g/mol. The maximum atomic E-state index is 12.4. The Morgan fingerprint density at radius 1 is 1.11 bits per heavy atom. The van der Waals surface area contributed by atoms with Crippen molar-refractivity contribution in [2.24, 2.45) is 0 Å². The number of nitrogens with one attached hydrogen (secondary N) is 1.